The van der Waals surface area contributed by atoms with Crippen molar-refractivity contribution in [2.24, 2.45) is 0 Å². The molecule has 9 heteroatoms. The number of amides is 1. The molecule has 0 saturated carbocycles. The van der Waals surface area contributed by atoms with Gasteiger partial charge in [-0.25, -0.2) is 9.18 Å². The SMILES string of the molecule is COc1cc(NC(=O)COC(=O)c2cc(F)ccc2Br)cc(OC)c1OC. The van der Waals surface area contributed by atoms with Crippen molar-refractivity contribution >= 4 is 33.5 Å². The predicted molar refractivity (Wildman–Crippen MR) is 99.1 cm³/mol. The lowest BCUT2D eigenvalue weighted by Crippen LogP contribution is -2.21. The van der Waals surface area contributed by atoms with Crippen LogP contribution in [0, 0.1) is 5.82 Å². The van der Waals surface area contributed by atoms with Crippen molar-refractivity contribution in [3.05, 3.63) is 46.2 Å². The van der Waals surface area contributed by atoms with Crippen LogP contribution in [0.15, 0.2) is 34.8 Å². The van der Waals surface area contributed by atoms with Gasteiger partial charge in [-0.1, -0.05) is 0 Å². The molecule has 7 nitrogen and oxygen atoms in total. The Labute approximate surface area is 163 Å². The zero-order valence-electron chi connectivity index (χ0n) is 14.8. The average molecular weight is 442 g/mol. The average Bonchev–Trinajstić information content (AvgIpc) is 2.67. The smallest absolute Gasteiger partial charge is 0.339 e. The Morgan fingerprint density at radius 3 is 2.22 bits per heavy atom. The van der Waals surface area contributed by atoms with Crippen molar-refractivity contribution < 1.29 is 32.9 Å². The van der Waals surface area contributed by atoms with Gasteiger partial charge in [-0.2, -0.15) is 0 Å². The van der Waals surface area contributed by atoms with E-state index in [0.717, 1.165) is 6.07 Å². The third-order valence-corrected chi connectivity index (χ3v) is 4.12. The van der Waals surface area contributed by atoms with Gasteiger partial charge in [0.05, 0.1) is 26.9 Å². The molecule has 27 heavy (non-hydrogen) atoms. The van der Waals surface area contributed by atoms with Crippen molar-refractivity contribution in [3.63, 3.8) is 0 Å². The van der Waals surface area contributed by atoms with Crippen LogP contribution in [0.5, 0.6) is 17.2 Å². The summed E-state index contributed by atoms with van der Waals surface area (Å²) in [7, 11) is 4.35. The van der Waals surface area contributed by atoms with Gasteiger partial charge in [-0.05, 0) is 34.1 Å². The number of rotatable bonds is 7. The van der Waals surface area contributed by atoms with Crippen molar-refractivity contribution in [3.8, 4) is 17.2 Å². The topological polar surface area (TPSA) is 83.1 Å². The first-order valence-corrected chi connectivity index (χ1v) is 8.41. The number of carbonyl (C=O) groups is 2. The molecule has 0 fully saturated rings. The molecule has 0 atom stereocenters. The van der Waals surface area contributed by atoms with E-state index in [2.05, 4.69) is 21.2 Å². The Balaban J connectivity index is 2.05. The number of hydrogen-bond acceptors (Lipinski definition) is 6. The first-order valence-electron chi connectivity index (χ1n) is 7.61. The molecule has 2 aromatic carbocycles. The maximum absolute atomic E-state index is 13.3. The largest absolute Gasteiger partial charge is 0.493 e. The minimum Gasteiger partial charge on any atom is -0.493 e. The van der Waals surface area contributed by atoms with E-state index in [0.29, 0.717) is 27.4 Å². The van der Waals surface area contributed by atoms with E-state index in [9.17, 15) is 14.0 Å². The van der Waals surface area contributed by atoms with Gasteiger partial charge in [0.2, 0.25) is 5.75 Å². The lowest BCUT2D eigenvalue weighted by atomic mass is 10.2. The molecule has 0 bridgehead atoms. The third kappa shape index (κ3) is 5.10. The summed E-state index contributed by atoms with van der Waals surface area (Å²) < 4.78 is 34.1. The minimum atomic E-state index is -0.832. The van der Waals surface area contributed by atoms with Crippen LogP contribution >= 0.6 is 15.9 Å². The molecule has 0 spiro atoms. The van der Waals surface area contributed by atoms with Crippen LogP contribution < -0.4 is 19.5 Å². The molecular formula is C18H17BrFNO6. The van der Waals surface area contributed by atoms with Crippen molar-refractivity contribution in [1.82, 2.24) is 0 Å². The molecule has 1 N–H and O–H groups in total. The zero-order valence-corrected chi connectivity index (χ0v) is 16.4. The summed E-state index contributed by atoms with van der Waals surface area (Å²) in [6.45, 7) is -0.557. The number of halogens is 2. The van der Waals surface area contributed by atoms with Crippen LogP contribution in [0.4, 0.5) is 10.1 Å². The fraction of sp³-hybridized carbons (Fsp3) is 0.222. The van der Waals surface area contributed by atoms with Gasteiger partial charge >= 0.3 is 5.97 Å². The molecule has 1 amide bonds. The summed E-state index contributed by atoms with van der Waals surface area (Å²) in [5.41, 5.74) is 0.341. The second-order valence-corrected chi connectivity index (χ2v) is 6.02. The van der Waals surface area contributed by atoms with E-state index in [1.165, 1.54) is 45.6 Å². The second-order valence-electron chi connectivity index (χ2n) is 5.16. The molecule has 0 heterocycles. The van der Waals surface area contributed by atoms with Gasteiger partial charge in [0.15, 0.2) is 18.1 Å². The zero-order chi connectivity index (χ0) is 20.0. The van der Waals surface area contributed by atoms with Gasteiger partial charge in [0, 0.05) is 22.3 Å². The van der Waals surface area contributed by atoms with Gasteiger partial charge in [-0.15, -0.1) is 0 Å². The monoisotopic (exact) mass is 441 g/mol. The predicted octanol–water partition coefficient (Wildman–Crippen LogP) is 3.41. The summed E-state index contributed by atoms with van der Waals surface area (Å²) in [4.78, 5) is 24.1. The maximum atomic E-state index is 13.3. The maximum Gasteiger partial charge on any atom is 0.339 e. The number of hydrogen-bond donors (Lipinski definition) is 1. The van der Waals surface area contributed by atoms with Gasteiger partial charge in [-0.3, -0.25) is 4.79 Å². The summed E-state index contributed by atoms with van der Waals surface area (Å²) in [5, 5.41) is 2.56. The quantitative estimate of drug-likeness (QED) is 0.662. The van der Waals surface area contributed by atoms with Crippen LogP contribution in [-0.2, 0) is 9.53 Å². The summed E-state index contributed by atoms with van der Waals surface area (Å²) in [6.07, 6.45) is 0. The van der Waals surface area contributed by atoms with E-state index in [4.69, 9.17) is 18.9 Å². The van der Waals surface area contributed by atoms with E-state index in [1.807, 2.05) is 0 Å². The lowest BCUT2D eigenvalue weighted by Gasteiger charge is -2.14. The number of methoxy groups -OCH3 is 3. The van der Waals surface area contributed by atoms with Crippen LogP contribution in [0.3, 0.4) is 0 Å². The van der Waals surface area contributed by atoms with Crippen LogP contribution in [0.25, 0.3) is 0 Å². The molecule has 0 aliphatic heterocycles. The highest BCUT2D eigenvalue weighted by Crippen LogP contribution is 2.39. The van der Waals surface area contributed by atoms with Gasteiger partial charge in [0.1, 0.15) is 5.82 Å². The molecule has 144 valence electrons. The second kappa shape index (κ2) is 9.22. The first-order chi connectivity index (χ1) is 12.9. The molecule has 0 saturated heterocycles. The van der Waals surface area contributed by atoms with Crippen LogP contribution in [-0.4, -0.2) is 39.8 Å². The van der Waals surface area contributed by atoms with Crippen molar-refractivity contribution in [2.75, 3.05) is 33.3 Å². The third-order valence-electron chi connectivity index (χ3n) is 3.43. The first kappa shape index (κ1) is 20.5. The number of nitrogens with one attached hydrogen (secondary N) is 1. The number of esters is 1. The summed E-state index contributed by atoms with van der Waals surface area (Å²) in [5.74, 6) is -0.931. The fourth-order valence-corrected chi connectivity index (χ4v) is 2.62. The van der Waals surface area contributed by atoms with Crippen molar-refractivity contribution in [1.29, 1.82) is 0 Å². The molecule has 0 aliphatic carbocycles. The van der Waals surface area contributed by atoms with E-state index < -0.39 is 24.3 Å². The highest BCUT2D eigenvalue weighted by Gasteiger charge is 2.17. The van der Waals surface area contributed by atoms with E-state index in [1.54, 1.807) is 0 Å². The Kier molecular flexibility index (Phi) is 7.00. The van der Waals surface area contributed by atoms with Crippen LogP contribution in [0.2, 0.25) is 0 Å². The van der Waals surface area contributed by atoms with Gasteiger partial charge < -0.3 is 24.3 Å². The highest BCUT2D eigenvalue weighted by molar-refractivity contribution is 9.10. The molecular weight excluding hydrogens is 425 g/mol. The van der Waals surface area contributed by atoms with Crippen LogP contribution in [0.1, 0.15) is 10.4 Å². The molecule has 0 radical (unpaired) electrons. The number of benzene rings is 2. The van der Waals surface area contributed by atoms with Gasteiger partial charge in [0.25, 0.3) is 5.91 Å². The molecule has 2 aromatic rings. The number of anilines is 1. The summed E-state index contributed by atoms with van der Waals surface area (Å²) in [6, 6.07) is 6.65. The Morgan fingerprint density at radius 2 is 1.67 bits per heavy atom. The Morgan fingerprint density at radius 1 is 1.04 bits per heavy atom. The Bertz CT molecular complexity index is 833. The normalized spacial score (nSPS) is 10.1. The van der Waals surface area contributed by atoms with E-state index >= 15 is 0 Å². The molecule has 0 aromatic heterocycles. The Hall–Kier alpha value is -2.81. The molecule has 2 rings (SSSR count). The number of ether oxygens (including phenoxy) is 4. The minimum absolute atomic E-state index is 0.0180. The highest BCUT2D eigenvalue weighted by atomic mass is 79.9. The summed E-state index contributed by atoms with van der Waals surface area (Å²) >= 11 is 3.13. The number of carbonyl (C=O) groups excluding carboxylic acids is 2. The fourth-order valence-electron chi connectivity index (χ4n) is 2.21. The lowest BCUT2D eigenvalue weighted by molar-refractivity contribution is -0.119. The molecule has 0 aliphatic rings. The van der Waals surface area contributed by atoms with E-state index in [-0.39, 0.29) is 5.56 Å². The standard InChI is InChI=1S/C18H17BrFNO6/c1-24-14-7-11(8-15(25-2)17(14)26-3)21-16(22)9-27-18(23)12-6-10(20)4-5-13(12)19/h4-8H,9H2,1-3H3,(H,21,22). The molecule has 0 unspecified atom stereocenters. The van der Waals surface area contributed by atoms with Crippen molar-refractivity contribution in [2.45, 2.75) is 0 Å².